The van der Waals surface area contributed by atoms with E-state index in [2.05, 4.69) is 26.3 Å². The fraction of sp³-hybridized carbons (Fsp3) is 0.263. The number of nitrogens with one attached hydrogen (secondary N) is 1. The Morgan fingerprint density at radius 3 is 2.86 bits per heavy atom. The number of aryl methyl sites for hydroxylation is 2. The van der Waals surface area contributed by atoms with Gasteiger partial charge in [-0.25, -0.2) is 0 Å². The van der Waals surface area contributed by atoms with Crippen LogP contribution < -0.4 is 10.1 Å². The van der Waals surface area contributed by atoms with Crippen LogP contribution in [0.3, 0.4) is 0 Å². The molecule has 0 spiro atoms. The van der Waals surface area contributed by atoms with Gasteiger partial charge in [0.2, 0.25) is 0 Å². The maximum Gasteiger partial charge on any atom is 0.310 e. The summed E-state index contributed by atoms with van der Waals surface area (Å²) < 4.78 is 13.7. The van der Waals surface area contributed by atoms with E-state index in [9.17, 15) is 14.9 Å². The van der Waals surface area contributed by atoms with Gasteiger partial charge in [-0.15, -0.1) is 0 Å². The third kappa shape index (κ3) is 5.44. The summed E-state index contributed by atoms with van der Waals surface area (Å²) in [5, 5.41) is 18.1. The molecule has 1 amide bonds. The van der Waals surface area contributed by atoms with E-state index in [4.69, 9.17) is 9.15 Å². The van der Waals surface area contributed by atoms with E-state index in [1.165, 1.54) is 12.1 Å². The number of carbonyl (C=O) groups is 1. The van der Waals surface area contributed by atoms with Crippen molar-refractivity contribution >= 4 is 27.5 Å². The number of hydrogen-bond donors (Lipinski definition) is 1. The van der Waals surface area contributed by atoms with Crippen molar-refractivity contribution in [2.24, 2.45) is 0 Å². The first-order valence-corrected chi connectivity index (χ1v) is 9.66. The highest BCUT2D eigenvalue weighted by Gasteiger charge is 2.15. The molecular formula is C19H19BrN4O5. The second-order valence-corrected chi connectivity index (χ2v) is 7.07. The molecule has 0 bridgehead atoms. The van der Waals surface area contributed by atoms with Crippen LogP contribution in [0.25, 0.3) is 0 Å². The predicted octanol–water partition coefficient (Wildman–Crippen LogP) is 3.85. The number of nitro groups is 1. The molecule has 0 fully saturated rings. The van der Waals surface area contributed by atoms with Crippen molar-refractivity contribution in [1.82, 2.24) is 15.1 Å². The number of hydrogen-bond acceptors (Lipinski definition) is 6. The molecule has 0 aliphatic carbocycles. The second-order valence-electron chi connectivity index (χ2n) is 6.21. The van der Waals surface area contributed by atoms with E-state index in [1.54, 1.807) is 24.3 Å². The van der Waals surface area contributed by atoms with Gasteiger partial charge in [0, 0.05) is 25.4 Å². The molecule has 2 aromatic heterocycles. The second kappa shape index (κ2) is 9.37. The molecule has 3 rings (SSSR count). The number of rotatable bonds is 9. The summed E-state index contributed by atoms with van der Waals surface area (Å²) in [6.07, 6.45) is 2.61. The molecule has 0 radical (unpaired) electrons. The molecule has 9 nitrogen and oxygen atoms in total. The predicted molar refractivity (Wildman–Crippen MR) is 108 cm³/mol. The minimum absolute atomic E-state index is 0.0222. The number of nitrogens with zero attached hydrogens (tertiary/aromatic N) is 3. The third-order valence-corrected chi connectivity index (χ3v) is 4.83. The van der Waals surface area contributed by atoms with Gasteiger partial charge >= 0.3 is 5.69 Å². The van der Waals surface area contributed by atoms with Crippen LogP contribution in [0, 0.1) is 17.0 Å². The van der Waals surface area contributed by atoms with Crippen molar-refractivity contribution in [3.05, 3.63) is 74.4 Å². The first-order chi connectivity index (χ1) is 13.9. The highest BCUT2D eigenvalue weighted by Crippen LogP contribution is 2.26. The standard InChI is InChI=1S/C19H19BrN4O5/c1-13-15(20)11-23(22-13)10-4-9-21-19(25)18-8-7-14(29-18)12-28-17-6-3-2-5-16(17)24(26)27/h2-3,5-8,11H,4,9-10,12H2,1H3,(H,21,25). The molecule has 1 aromatic carbocycles. The molecule has 0 aliphatic heterocycles. The number of halogens is 1. The normalized spacial score (nSPS) is 10.7. The van der Waals surface area contributed by atoms with Gasteiger partial charge in [-0.2, -0.15) is 5.10 Å². The maximum absolute atomic E-state index is 12.2. The number of furan rings is 1. The van der Waals surface area contributed by atoms with Crippen LogP contribution in [0.2, 0.25) is 0 Å². The van der Waals surface area contributed by atoms with Crippen LogP contribution in [0.4, 0.5) is 5.69 Å². The SMILES string of the molecule is Cc1nn(CCCNC(=O)c2ccc(COc3ccccc3[N+](=O)[O-])o2)cc1Br. The summed E-state index contributed by atoms with van der Waals surface area (Å²) in [6.45, 7) is 3.04. The Bertz CT molecular complexity index is 994. The van der Waals surface area contributed by atoms with E-state index < -0.39 is 4.92 Å². The van der Waals surface area contributed by atoms with E-state index in [-0.39, 0.29) is 29.7 Å². The average Bonchev–Trinajstić information content (AvgIpc) is 3.30. The lowest BCUT2D eigenvalue weighted by atomic mass is 10.3. The van der Waals surface area contributed by atoms with E-state index >= 15 is 0 Å². The van der Waals surface area contributed by atoms with Gasteiger partial charge in [-0.1, -0.05) is 12.1 Å². The summed E-state index contributed by atoms with van der Waals surface area (Å²) in [6, 6.07) is 9.22. The quantitative estimate of drug-likeness (QED) is 0.293. The fourth-order valence-electron chi connectivity index (χ4n) is 2.59. The van der Waals surface area contributed by atoms with Crippen molar-refractivity contribution in [2.45, 2.75) is 26.5 Å². The molecule has 29 heavy (non-hydrogen) atoms. The fourth-order valence-corrected chi connectivity index (χ4v) is 2.91. The molecule has 152 valence electrons. The van der Waals surface area contributed by atoms with Crippen LogP contribution in [0.1, 0.15) is 28.4 Å². The Balaban J connectivity index is 1.46. The summed E-state index contributed by atoms with van der Waals surface area (Å²) in [7, 11) is 0. The molecule has 0 atom stereocenters. The monoisotopic (exact) mass is 462 g/mol. The van der Waals surface area contributed by atoms with Gasteiger partial charge < -0.3 is 14.5 Å². The van der Waals surface area contributed by atoms with Crippen LogP contribution in [-0.4, -0.2) is 27.2 Å². The minimum Gasteiger partial charge on any atom is -0.479 e. The van der Waals surface area contributed by atoms with E-state index in [1.807, 2.05) is 17.8 Å². The number of ether oxygens (including phenoxy) is 1. The Morgan fingerprint density at radius 1 is 1.34 bits per heavy atom. The van der Waals surface area contributed by atoms with Crippen molar-refractivity contribution < 1.29 is 18.9 Å². The summed E-state index contributed by atoms with van der Waals surface area (Å²) >= 11 is 3.41. The zero-order chi connectivity index (χ0) is 20.8. The van der Waals surface area contributed by atoms with Crippen LogP contribution in [0.15, 0.2) is 51.5 Å². The number of amides is 1. The third-order valence-electron chi connectivity index (χ3n) is 4.05. The Hall–Kier alpha value is -3.14. The van der Waals surface area contributed by atoms with Crippen molar-refractivity contribution in [2.75, 3.05) is 6.54 Å². The molecule has 0 saturated carbocycles. The molecule has 0 unspecified atom stereocenters. The Morgan fingerprint density at radius 2 is 2.14 bits per heavy atom. The topological polar surface area (TPSA) is 112 Å². The van der Waals surface area contributed by atoms with Gasteiger partial charge in [0.25, 0.3) is 5.91 Å². The lowest BCUT2D eigenvalue weighted by Crippen LogP contribution is -2.24. The average molecular weight is 463 g/mol. The molecule has 10 heteroatoms. The molecular weight excluding hydrogens is 444 g/mol. The highest BCUT2D eigenvalue weighted by atomic mass is 79.9. The van der Waals surface area contributed by atoms with Crippen LogP contribution in [-0.2, 0) is 13.2 Å². The number of benzene rings is 1. The number of para-hydroxylation sites is 2. The first-order valence-electron chi connectivity index (χ1n) is 8.86. The lowest BCUT2D eigenvalue weighted by Gasteiger charge is -2.05. The molecule has 0 aliphatic rings. The van der Waals surface area contributed by atoms with Gasteiger partial charge in [-0.3, -0.25) is 19.6 Å². The van der Waals surface area contributed by atoms with E-state index in [0.29, 0.717) is 25.3 Å². The zero-order valence-electron chi connectivity index (χ0n) is 15.6. The minimum atomic E-state index is -0.514. The van der Waals surface area contributed by atoms with Crippen LogP contribution in [0.5, 0.6) is 5.75 Å². The van der Waals surface area contributed by atoms with Crippen molar-refractivity contribution in [3.63, 3.8) is 0 Å². The maximum atomic E-state index is 12.2. The van der Waals surface area contributed by atoms with Crippen molar-refractivity contribution in [3.8, 4) is 5.75 Å². The Kier molecular flexibility index (Phi) is 6.65. The number of aromatic nitrogens is 2. The smallest absolute Gasteiger partial charge is 0.310 e. The number of carbonyl (C=O) groups excluding carboxylic acids is 1. The molecule has 2 heterocycles. The molecule has 3 aromatic rings. The van der Waals surface area contributed by atoms with Gasteiger partial charge in [0.05, 0.1) is 15.1 Å². The molecule has 1 N–H and O–H groups in total. The van der Waals surface area contributed by atoms with Crippen molar-refractivity contribution in [1.29, 1.82) is 0 Å². The van der Waals surface area contributed by atoms with Crippen LogP contribution >= 0.6 is 15.9 Å². The molecule has 0 saturated heterocycles. The summed E-state index contributed by atoms with van der Waals surface area (Å²) in [5.41, 5.74) is 0.789. The zero-order valence-corrected chi connectivity index (χ0v) is 17.2. The number of nitro benzene ring substituents is 1. The van der Waals surface area contributed by atoms with Gasteiger partial charge in [0.1, 0.15) is 12.4 Å². The summed E-state index contributed by atoms with van der Waals surface area (Å²) in [4.78, 5) is 22.7. The largest absolute Gasteiger partial charge is 0.479 e. The Labute approximate surface area is 174 Å². The highest BCUT2D eigenvalue weighted by molar-refractivity contribution is 9.10. The lowest BCUT2D eigenvalue weighted by molar-refractivity contribution is -0.386. The van der Waals surface area contributed by atoms with Gasteiger partial charge in [-0.05, 0) is 47.5 Å². The van der Waals surface area contributed by atoms with E-state index in [0.717, 1.165) is 10.2 Å². The van der Waals surface area contributed by atoms with Gasteiger partial charge in [0.15, 0.2) is 11.5 Å². The first kappa shape index (κ1) is 20.6. The summed E-state index contributed by atoms with van der Waals surface area (Å²) in [5.74, 6) is 0.356.